The molecule has 0 radical (unpaired) electrons. The molecule has 1 saturated heterocycles. The van der Waals surface area contributed by atoms with Crippen LogP contribution in [0.2, 0.25) is 0 Å². The molecular formula is C23H32ClN5O2S. The van der Waals surface area contributed by atoms with Gasteiger partial charge in [0.1, 0.15) is 5.16 Å². The summed E-state index contributed by atoms with van der Waals surface area (Å²) in [6.07, 6.45) is 8.43. The number of aliphatic imine (C=N–C) groups is 3. The third-order valence-corrected chi connectivity index (χ3v) is 6.98. The zero-order chi connectivity index (χ0) is 23.8. The molecule has 1 saturated carbocycles. The van der Waals surface area contributed by atoms with Crippen molar-refractivity contribution in [1.82, 2.24) is 10.2 Å². The summed E-state index contributed by atoms with van der Waals surface area (Å²) >= 11 is 5.96. The van der Waals surface area contributed by atoms with E-state index in [1.807, 2.05) is 33.8 Å². The van der Waals surface area contributed by atoms with Crippen molar-refractivity contribution in [2.75, 3.05) is 12.3 Å². The number of halogens is 1. The van der Waals surface area contributed by atoms with Crippen molar-refractivity contribution in [3.05, 3.63) is 46.8 Å². The molecule has 2 rings (SSSR count). The average Bonchev–Trinajstić information content (AvgIpc) is 2.71. The van der Waals surface area contributed by atoms with E-state index < -0.39 is 10.8 Å². The molecule has 1 aliphatic heterocycles. The molecule has 1 amide bonds. The molecular weight excluding hydrogens is 446 g/mol. The van der Waals surface area contributed by atoms with Crippen LogP contribution in [0.5, 0.6) is 0 Å². The Labute approximate surface area is 198 Å². The Morgan fingerprint density at radius 1 is 1.38 bits per heavy atom. The number of rotatable bonds is 9. The molecule has 7 nitrogen and oxygen atoms in total. The van der Waals surface area contributed by atoms with Crippen LogP contribution in [-0.2, 0) is 15.6 Å². The van der Waals surface area contributed by atoms with Gasteiger partial charge in [0.15, 0.2) is 11.7 Å². The highest BCUT2D eigenvalue weighted by atomic mass is 35.5. The Morgan fingerprint density at radius 3 is 2.56 bits per heavy atom. The van der Waals surface area contributed by atoms with Gasteiger partial charge in [0, 0.05) is 18.0 Å². The summed E-state index contributed by atoms with van der Waals surface area (Å²) in [7, 11) is -1.10. The summed E-state index contributed by atoms with van der Waals surface area (Å²) in [6.45, 7) is 15.2. The molecule has 0 spiro atoms. The van der Waals surface area contributed by atoms with Gasteiger partial charge < -0.3 is 5.32 Å². The van der Waals surface area contributed by atoms with Crippen molar-refractivity contribution in [1.29, 1.82) is 0 Å². The number of carbonyl (C=O) groups is 1. The third kappa shape index (κ3) is 6.36. The highest BCUT2D eigenvalue weighted by molar-refractivity contribution is 7.89. The Balaban J connectivity index is 2.27. The van der Waals surface area contributed by atoms with Gasteiger partial charge in [-0.2, -0.15) is 0 Å². The molecule has 174 valence electrons. The van der Waals surface area contributed by atoms with Crippen LogP contribution in [0.4, 0.5) is 0 Å². The van der Waals surface area contributed by atoms with E-state index in [0.29, 0.717) is 33.8 Å². The largest absolute Gasteiger partial charge is 0.333 e. The minimum absolute atomic E-state index is 0.0456. The second kappa shape index (κ2) is 12.1. The van der Waals surface area contributed by atoms with E-state index >= 15 is 0 Å². The van der Waals surface area contributed by atoms with Gasteiger partial charge in [-0.3, -0.25) is 23.9 Å². The Bertz CT molecular complexity index is 944. The van der Waals surface area contributed by atoms with E-state index in [2.05, 4.69) is 33.5 Å². The standard InChI is InChI=1S/C23H32ClN5O2S/c1-7-19(32(31)9-3)14-25-15(4)13-26-21-23(30)29(16(5)18-11-10-12-18)22(27-17(6)24)20(8-2)28-21/h7-8,14,16,18H,4,6,9-13H2,1-3,5H3,(H,26,28)/b19-7+,20-8+,25-14?,27-22?. The molecule has 0 aromatic rings. The highest BCUT2D eigenvalue weighted by Gasteiger charge is 2.40. The van der Waals surface area contributed by atoms with Crippen LogP contribution in [0.3, 0.4) is 0 Å². The first-order chi connectivity index (χ1) is 15.2. The Kier molecular flexibility index (Phi) is 9.78. The van der Waals surface area contributed by atoms with Crippen molar-refractivity contribution < 1.29 is 9.00 Å². The third-order valence-electron chi connectivity index (χ3n) is 5.50. The molecule has 1 N–H and O–H groups in total. The average molecular weight is 478 g/mol. The first-order valence-electron chi connectivity index (χ1n) is 10.7. The van der Waals surface area contributed by atoms with Crippen molar-refractivity contribution in [2.24, 2.45) is 20.9 Å². The number of amidine groups is 2. The first-order valence-corrected chi connectivity index (χ1v) is 12.4. The van der Waals surface area contributed by atoms with Crippen LogP contribution >= 0.6 is 11.6 Å². The number of nitrogens with zero attached hydrogens (tertiary/aromatic N) is 4. The van der Waals surface area contributed by atoms with E-state index in [0.717, 1.165) is 19.3 Å². The number of hydrogen-bond donors (Lipinski definition) is 1. The fourth-order valence-corrected chi connectivity index (χ4v) is 4.27. The van der Waals surface area contributed by atoms with Crippen LogP contribution in [-0.4, -0.2) is 51.2 Å². The minimum atomic E-state index is -1.10. The number of allylic oxidation sites excluding steroid dienone is 3. The summed E-state index contributed by atoms with van der Waals surface area (Å²) in [4.78, 5) is 28.7. The van der Waals surface area contributed by atoms with E-state index in [4.69, 9.17) is 11.6 Å². The summed E-state index contributed by atoms with van der Waals surface area (Å²) in [5, 5.41) is 3.17. The number of nitrogens with one attached hydrogen (secondary N) is 1. The molecule has 0 aromatic heterocycles. The maximum absolute atomic E-state index is 13.4. The quantitative estimate of drug-likeness (QED) is 0.397. The van der Waals surface area contributed by atoms with Crippen LogP contribution in [0.15, 0.2) is 61.7 Å². The minimum Gasteiger partial charge on any atom is -0.333 e. The predicted octanol–water partition coefficient (Wildman–Crippen LogP) is 4.27. The van der Waals surface area contributed by atoms with Crippen molar-refractivity contribution in [3.63, 3.8) is 0 Å². The van der Waals surface area contributed by atoms with Gasteiger partial charge in [-0.25, -0.2) is 4.99 Å². The fraction of sp³-hybridized carbons (Fsp3) is 0.478. The van der Waals surface area contributed by atoms with Crippen LogP contribution in [0.25, 0.3) is 0 Å². The van der Waals surface area contributed by atoms with Gasteiger partial charge >= 0.3 is 0 Å². The summed E-state index contributed by atoms with van der Waals surface area (Å²) in [5.41, 5.74) is 1.09. The molecule has 2 fully saturated rings. The zero-order valence-electron chi connectivity index (χ0n) is 19.2. The molecule has 32 heavy (non-hydrogen) atoms. The monoisotopic (exact) mass is 477 g/mol. The van der Waals surface area contributed by atoms with Crippen LogP contribution in [0.1, 0.15) is 47.0 Å². The molecule has 9 heteroatoms. The maximum atomic E-state index is 13.4. The molecule has 0 bridgehead atoms. The van der Waals surface area contributed by atoms with E-state index in [1.54, 1.807) is 11.0 Å². The van der Waals surface area contributed by atoms with Crippen LogP contribution < -0.4 is 5.32 Å². The SMILES string of the molecule is C=C(Cl)N=C1/C(=C\C)NC(=NCC(=C)N=C/C(=C\C)S(=O)CC)C(=O)N1C(C)C1CCC1. The van der Waals surface area contributed by atoms with Crippen molar-refractivity contribution in [3.8, 4) is 0 Å². The van der Waals surface area contributed by atoms with Gasteiger partial charge in [0.05, 0.1) is 33.6 Å². The van der Waals surface area contributed by atoms with Gasteiger partial charge in [-0.05, 0) is 39.5 Å². The van der Waals surface area contributed by atoms with E-state index in [9.17, 15) is 9.00 Å². The molecule has 1 heterocycles. The van der Waals surface area contributed by atoms with Gasteiger partial charge in [-0.15, -0.1) is 0 Å². The Morgan fingerprint density at radius 2 is 2.06 bits per heavy atom. The highest BCUT2D eigenvalue weighted by Crippen LogP contribution is 2.33. The lowest BCUT2D eigenvalue weighted by atomic mass is 9.79. The molecule has 1 aliphatic carbocycles. The smallest absolute Gasteiger partial charge is 0.295 e. The summed E-state index contributed by atoms with van der Waals surface area (Å²) in [5.74, 6) is 1.29. The fourth-order valence-electron chi connectivity index (χ4n) is 3.42. The number of hydrogen-bond acceptors (Lipinski definition) is 5. The summed E-state index contributed by atoms with van der Waals surface area (Å²) in [6, 6.07) is -0.0456. The predicted molar refractivity (Wildman–Crippen MR) is 135 cm³/mol. The second-order valence-electron chi connectivity index (χ2n) is 7.56. The Hall–Kier alpha value is -2.32. The second-order valence-corrected chi connectivity index (χ2v) is 9.74. The molecule has 2 aliphatic rings. The lowest BCUT2D eigenvalue weighted by Gasteiger charge is -2.42. The first kappa shape index (κ1) is 25.9. The zero-order valence-corrected chi connectivity index (χ0v) is 20.8. The molecule has 2 atom stereocenters. The topological polar surface area (TPSA) is 86.5 Å². The van der Waals surface area contributed by atoms with E-state index in [-0.39, 0.29) is 29.5 Å². The number of piperazine rings is 1. The normalized spacial score (nSPS) is 23.5. The number of carbonyl (C=O) groups excluding carboxylic acids is 1. The van der Waals surface area contributed by atoms with Crippen molar-refractivity contribution in [2.45, 2.75) is 53.0 Å². The summed E-state index contributed by atoms with van der Waals surface area (Å²) < 4.78 is 12.0. The molecule has 0 aromatic carbocycles. The van der Waals surface area contributed by atoms with Crippen molar-refractivity contribution >= 4 is 46.2 Å². The lowest BCUT2D eigenvalue weighted by molar-refractivity contribution is -0.123. The van der Waals surface area contributed by atoms with Gasteiger partial charge in [0.2, 0.25) is 0 Å². The van der Waals surface area contributed by atoms with E-state index in [1.165, 1.54) is 6.21 Å². The number of amides is 1. The van der Waals surface area contributed by atoms with Gasteiger partial charge in [0.25, 0.3) is 5.91 Å². The van der Waals surface area contributed by atoms with Crippen LogP contribution in [0, 0.1) is 5.92 Å². The lowest BCUT2D eigenvalue weighted by Crippen LogP contribution is -2.59. The molecule has 2 unspecified atom stereocenters. The maximum Gasteiger partial charge on any atom is 0.295 e. The van der Waals surface area contributed by atoms with Gasteiger partial charge in [-0.1, -0.05) is 50.3 Å².